The SMILES string of the molecule is CNCCCCCCCC(=O)/C=C/C(C)=C/C(C)=O.CNCCCCCCCC(=O)/C=C/C=C(\C)C(=O)NCCCCCCCC(=O)CCCCC(=O)O. The molecule has 54 heavy (non-hydrogen) atoms. The number of carboxylic acid groups (broad SMARTS) is 1. The molecule has 0 spiro atoms. The highest BCUT2D eigenvalue weighted by molar-refractivity contribution is 5.94. The molecule has 0 aliphatic rings. The van der Waals surface area contributed by atoms with Crippen molar-refractivity contribution < 1.29 is 33.9 Å². The number of Topliss-reactive ketones (excluding diaryl/α,β-unsaturated/α-hetero) is 1. The van der Waals surface area contributed by atoms with E-state index >= 15 is 0 Å². The Morgan fingerprint density at radius 2 is 0.926 bits per heavy atom. The van der Waals surface area contributed by atoms with Crippen molar-refractivity contribution >= 4 is 35.0 Å². The summed E-state index contributed by atoms with van der Waals surface area (Å²) in [6.07, 6.45) is 29.3. The van der Waals surface area contributed by atoms with E-state index in [-0.39, 0.29) is 35.5 Å². The highest BCUT2D eigenvalue weighted by Crippen LogP contribution is 2.10. The first-order valence-electron chi connectivity index (χ1n) is 20.5. The van der Waals surface area contributed by atoms with Crippen LogP contribution in [0, 0.1) is 0 Å². The molecule has 0 aliphatic carbocycles. The van der Waals surface area contributed by atoms with E-state index < -0.39 is 5.97 Å². The van der Waals surface area contributed by atoms with Gasteiger partial charge in [0.1, 0.15) is 5.78 Å². The van der Waals surface area contributed by atoms with Crippen LogP contribution in [0.1, 0.15) is 162 Å². The highest BCUT2D eigenvalue weighted by Gasteiger charge is 2.05. The molecular formula is C44H75N3O7. The van der Waals surface area contributed by atoms with Gasteiger partial charge in [0.2, 0.25) is 5.91 Å². The topological polar surface area (TPSA) is 159 Å². The second kappa shape index (κ2) is 39.2. The number of carbonyl (C=O) groups excluding carboxylic acids is 5. The summed E-state index contributed by atoms with van der Waals surface area (Å²) < 4.78 is 0. The minimum Gasteiger partial charge on any atom is -0.481 e. The van der Waals surface area contributed by atoms with Crippen LogP contribution in [0.4, 0.5) is 0 Å². The zero-order valence-electron chi connectivity index (χ0n) is 34.5. The maximum absolute atomic E-state index is 12.1. The summed E-state index contributed by atoms with van der Waals surface area (Å²) >= 11 is 0. The Bertz CT molecular complexity index is 1170. The second-order valence-electron chi connectivity index (χ2n) is 14.1. The lowest BCUT2D eigenvalue weighted by Gasteiger charge is -2.05. The molecule has 0 fully saturated rings. The van der Waals surface area contributed by atoms with Gasteiger partial charge < -0.3 is 21.1 Å². The first-order chi connectivity index (χ1) is 25.9. The van der Waals surface area contributed by atoms with Crippen molar-refractivity contribution in [1.29, 1.82) is 0 Å². The van der Waals surface area contributed by atoms with E-state index in [0.29, 0.717) is 50.6 Å². The molecule has 0 saturated heterocycles. The number of hydrogen-bond acceptors (Lipinski definition) is 8. The molecule has 0 aromatic rings. The van der Waals surface area contributed by atoms with Crippen LogP contribution in [0.25, 0.3) is 0 Å². The van der Waals surface area contributed by atoms with Gasteiger partial charge in [-0.3, -0.25) is 28.8 Å². The van der Waals surface area contributed by atoms with Crippen molar-refractivity contribution in [2.24, 2.45) is 0 Å². The summed E-state index contributed by atoms with van der Waals surface area (Å²) in [5, 5.41) is 17.7. The quantitative estimate of drug-likeness (QED) is 0.0283. The molecular weight excluding hydrogens is 682 g/mol. The molecule has 0 aliphatic heterocycles. The Kier molecular flexibility index (Phi) is 38.2. The van der Waals surface area contributed by atoms with E-state index in [1.807, 2.05) is 21.0 Å². The Morgan fingerprint density at radius 1 is 0.500 bits per heavy atom. The van der Waals surface area contributed by atoms with Gasteiger partial charge in [-0.15, -0.1) is 0 Å². The minimum atomic E-state index is -0.809. The maximum Gasteiger partial charge on any atom is 0.303 e. The van der Waals surface area contributed by atoms with Crippen molar-refractivity contribution in [3.05, 3.63) is 47.6 Å². The average molecular weight is 758 g/mol. The van der Waals surface area contributed by atoms with Crippen LogP contribution in [0.5, 0.6) is 0 Å². The fourth-order valence-corrected chi connectivity index (χ4v) is 5.44. The summed E-state index contributed by atoms with van der Waals surface area (Å²) in [6.45, 7) is 7.81. The first-order valence-corrected chi connectivity index (χ1v) is 20.5. The fraction of sp³-hybridized carbons (Fsp3) is 0.682. The van der Waals surface area contributed by atoms with E-state index in [4.69, 9.17) is 5.11 Å². The zero-order valence-corrected chi connectivity index (χ0v) is 34.5. The summed E-state index contributed by atoms with van der Waals surface area (Å²) in [4.78, 5) is 68.6. The van der Waals surface area contributed by atoms with Crippen LogP contribution in [-0.2, 0) is 28.8 Å². The fourth-order valence-electron chi connectivity index (χ4n) is 5.44. The average Bonchev–Trinajstić information content (AvgIpc) is 3.12. The number of hydrogen-bond donors (Lipinski definition) is 4. The first kappa shape index (κ1) is 52.6. The lowest BCUT2D eigenvalue weighted by Crippen LogP contribution is -2.25. The highest BCUT2D eigenvalue weighted by atomic mass is 16.4. The molecule has 0 heterocycles. The van der Waals surface area contributed by atoms with Gasteiger partial charge in [0, 0.05) is 44.2 Å². The number of nitrogens with one attached hydrogen (secondary N) is 3. The minimum absolute atomic E-state index is 0.0103. The van der Waals surface area contributed by atoms with Gasteiger partial charge in [-0.2, -0.15) is 0 Å². The predicted molar refractivity (Wildman–Crippen MR) is 222 cm³/mol. The maximum atomic E-state index is 12.1. The Labute approximate surface area is 327 Å². The zero-order chi connectivity index (χ0) is 40.7. The summed E-state index contributed by atoms with van der Waals surface area (Å²) in [6, 6.07) is 0. The number of aliphatic carboxylic acids is 1. The van der Waals surface area contributed by atoms with Crippen LogP contribution < -0.4 is 16.0 Å². The molecule has 10 heteroatoms. The molecule has 10 nitrogen and oxygen atoms in total. The van der Waals surface area contributed by atoms with Gasteiger partial charge in [0.15, 0.2) is 17.3 Å². The number of rotatable bonds is 35. The Balaban J connectivity index is 0. The van der Waals surface area contributed by atoms with Crippen molar-refractivity contribution in [1.82, 2.24) is 16.0 Å². The van der Waals surface area contributed by atoms with Gasteiger partial charge in [-0.05, 0) is 123 Å². The molecule has 308 valence electrons. The number of amides is 1. The largest absolute Gasteiger partial charge is 0.481 e. The van der Waals surface area contributed by atoms with Gasteiger partial charge >= 0.3 is 5.97 Å². The molecule has 0 unspecified atom stereocenters. The van der Waals surface area contributed by atoms with Crippen molar-refractivity contribution in [2.75, 3.05) is 33.7 Å². The molecule has 0 bridgehead atoms. The van der Waals surface area contributed by atoms with Gasteiger partial charge in [0.25, 0.3) is 0 Å². The van der Waals surface area contributed by atoms with E-state index in [1.165, 1.54) is 45.1 Å². The lowest BCUT2D eigenvalue weighted by atomic mass is 10.0. The van der Waals surface area contributed by atoms with E-state index in [2.05, 4.69) is 16.0 Å². The molecule has 0 rings (SSSR count). The number of ketones is 4. The van der Waals surface area contributed by atoms with E-state index in [0.717, 1.165) is 82.9 Å². The van der Waals surface area contributed by atoms with Gasteiger partial charge in [-0.25, -0.2) is 0 Å². The van der Waals surface area contributed by atoms with Crippen LogP contribution in [0.3, 0.4) is 0 Å². The third-order valence-electron chi connectivity index (χ3n) is 8.66. The Hall–Kier alpha value is -3.50. The van der Waals surface area contributed by atoms with Crippen molar-refractivity contribution in [3.8, 4) is 0 Å². The van der Waals surface area contributed by atoms with Crippen LogP contribution in [0.15, 0.2) is 47.6 Å². The second-order valence-corrected chi connectivity index (χ2v) is 14.1. The van der Waals surface area contributed by atoms with E-state index in [9.17, 15) is 28.8 Å². The molecule has 0 aromatic heterocycles. The van der Waals surface area contributed by atoms with Gasteiger partial charge in [-0.1, -0.05) is 76.0 Å². The summed E-state index contributed by atoms with van der Waals surface area (Å²) in [5.74, 6) is -0.447. The number of carboxylic acids is 1. The standard InChI is InChI=1S/C28H48N2O5.C16H27NO2/c1-24(16-15-20-26(32)18-10-5-3-7-13-22-29-2)28(35)30-23-14-8-4-6-9-17-25(31)19-11-12-21-27(33)34;1-14(13-15(2)18)10-11-16(19)9-7-5-4-6-8-12-17-3/h15-16,20,29H,3-14,17-19,21-23H2,1-2H3,(H,30,35)(H,33,34);10-11,13,17H,4-9,12H2,1-3H3/b20-15+,24-16+;11-10+,14-13+. The van der Waals surface area contributed by atoms with E-state index in [1.54, 1.807) is 37.3 Å². The molecule has 0 atom stereocenters. The monoisotopic (exact) mass is 758 g/mol. The summed E-state index contributed by atoms with van der Waals surface area (Å²) in [5.41, 5.74) is 1.41. The third-order valence-corrected chi connectivity index (χ3v) is 8.66. The molecule has 0 aromatic carbocycles. The Morgan fingerprint density at radius 3 is 1.43 bits per heavy atom. The molecule has 1 amide bonds. The van der Waals surface area contributed by atoms with Crippen molar-refractivity contribution in [2.45, 2.75) is 162 Å². The van der Waals surface area contributed by atoms with Crippen LogP contribution in [-0.4, -0.2) is 73.8 Å². The number of unbranched alkanes of at least 4 members (excludes halogenated alkanes) is 13. The van der Waals surface area contributed by atoms with Crippen molar-refractivity contribution in [3.63, 3.8) is 0 Å². The van der Waals surface area contributed by atoms with Crippen LogP contribution in [0.2, 0.25) is 0 Å². The lowest BCUT2D eigenvalue weighted by molar-refractivity contribution is -0.137. The third kappa shape index (κ3) is 41.3. The van der Waals surface area contributed by atoms with Gasteiger partial charge in [0.05, 0.1) is 0 Å². The molecule has 4 N–H and O–H groups in total. The molecule has 0 radical (unpaired) electrons. The van der Waals surface area contributed by atoms with Crippen LogP contribution >= 0.6 is 0 Å². The molecule has 0 saturated carbocycles. The number of allylic oxidation sites excluding steroid dienone is 7. The predicted octanol–water partition coefficient (Wildman–Crippen LogP) is 8.50. The summed E-state index contributed by atoms with van der Waals surface area (Å²) in [7, 11) is 3.92. The number of carbonyl (C=O) groups is 6. The normalized spacial score (nSPS) is 11.8. The smallest absolute Gasteiger partial charge is 0.303 e.